The van der Waals surface area contributed by atoms with Crippen LogP contribution in [0.1, 0.15) is 25.5 Å². The van der Waals surface area contributed by atoms with E-state index in [1.165, 1.54) is 11.3 Å². The third-order valence-electron chi connectivity index (χ3n) is 2.56. The summed E-state index contributed by atoms with van der Waals surface area (Å²) in [5.74, 6) is 0.256. The number of anilines is 1. The molecule has 0 aromatic carbocycles. The van der Waals surface area contributed by atoms with Gasteiger partial charge in [0.2, 0.25) is 0 Å². The zero-order valence-electron chi connectivity index (χ0n) is 10.0. The Labute approximate surface area is 105 Å². The lowest BCUT2D eigenvalue weighted by molar-refractivity contribution is -0.128. The first-order valence-electron chi connectivity index (χ1n) is 5.75. The Morgan fingerprint density at radius 3 is 3.12 bits per heavy atom. The molecule has 0 spiro atoms. The normalized spacial score (nSPS) is 20.5. The van der Waals surface area contributed by atoms with Crippen molar-refractivity contribution in [1.82, 2.24) is 10.3 Å². The van der Waals surface area contributed by atoms with Gasteiger partial charge in [-0.3, -0.25) is 10.1 Å². The minimum Gasteiger partial charge on any atom is -0.366 e. The molecule has 1 fully saturated rings. The zero-order valence-corrected chi connectivity index (χ0v) is 10.8. The van der Waals surface area contributed by atoms with Crippen LogP contribution in [0.15, 0.2) is 5.38 Å². The molecule has 1 aromatic rings. The van der Waals surface area contributed by atoms with Crippen LogP contribution in [0.4, 0.5) is 5.13 Å². The summed E-state index contributed by atoms with van der Waals surface area (Å²) in [5.41, 5.74) is 1.01. The van der Waals surface area contributed by atoms with Crippen molar-refractivity contribution in [3.8, 4) is 0 Å². The second-order valence-electron chi connectivity index (χ2n) is 4.29. The average Bonchev–Trinajstić information content (AvgIpc) is 2.79. The fourth-order valence-electron chi connectivity index (χ4n) is 1.53. The fourth-order valence-corrected chi connectivity index (χ4v) is 2.40. The molecule has 94 valence electrons. The molecule has 2 N–H and O–H groups in total. The van der Waals surface area contributed by atoms with E-state index < -0.39 is 6.10 Å². The van der Waals surface area contributed by atoms with Crippen LogP contribution in [0.5, 0.6) is 0 Å². The molecular weight excluding hydrogens is 238 g/mol. The largest absolute Gasteiger partial charge is 0.366 e. The molecule has 1 aliphatic heterocycles. The first kappa shape index (κ1) is 12.5. The van der Waals surface area contributed by atoms with E-state index in [-0.39, 0.29) is 5.91 Å². The predicted molar refractivity (Wildman–Crippen MR) is 67.4 cm³/mol. The first-order valence-corrected chi connectivity index (χ1v) is 6.63. The minimum absolute atomic E-state index is 0.123. The van der Waals surface area contributed by atoms with Gasteiger partial charge in [-0.1, -0.05) is 13.8 Å². The third-order valence-corrected chi connectivity index (χ3v) is 3.34. The van der Waals surface area contributed by atoms with Gasteiger partial charge < -0.3 is 10.1 Å². The topological polar surface area (TPSA) is 63.2 Å². The van der Waals surface area contributed by atoms with Gasteiger partial charge in [0, 0.05) is 18.5 Å². The Hall–Kier alpha value is -0.980. The summed E-state index contributed by atoms with van der Waals surface area (Å²) < 4.78 is 5.37. The SMILES string of the molecule is CC(C)c1csc(NC(=O)[C@H]2CNCCO2)n1. The number of carbonyl (C=O) groups excluding carboxylic acids is 1. The summed E-state index contributed by atoms with van der Waals surface area (Å²) in [4.78, 5) is 16.2. The Balaban J connectivity index is 1.92. The van der Waals surface area contributed by atoms with Crippen molar-refractivity contribution in [3.63, 3.8) is 0 Å². The Kier molecular flexibility index (Phi) is 4.09. The molecule has 1 atom stereocenters. The second kappa shape index (κ2) is 5.57. The number of hydrogen-bond donors (Lipinski definition) is 2. The van der Waals surface area contributed by atoms with Crippen molar-refractivity contribution in [2.75, 3.05) is 25.0 Å². The van der Waals surface area contributed by atoms with Crippen molar-refractivity contribution in [2.24, 2.45) is 0 Å². The highest BCUT2D eigenvalue weighted by molar-refractivity contribution is 7.13. The summed E-state index contributed by atoms with van der Waals surface area (Å²) in [6, 6.07) is 0. The number of rotatable bonds is 3. The average molecular weight is 255 g/mol. The van der Waals surface area contributed by atoms with Crippen LogP contribution in [0.25, 0.3) is 0 Å². The summed E-state index contributed by atoms with van der Waals surface area (Å²) in [5, 5.41) is 8.53. The van der Waals surface area contributed by atoms with E-state index in [1.807, 2.05) is 5.38 Å². The summed E-state index contributed by atoms with van der Waals surface area (Å²) >= 11 is 1.45. The maximum Gasteiger partial charge on any atom is 0.256 e. The van der Waals surface area contributed by atoms with E-state index >= 15 is 0 Å². The van der Waals surface area contributed by atoms with Crippen LogP contribution >= 0.6 is 11.3 Å². The van der Waals surface area contributed by atoms with Gasteiger partial charge in [0.1, 0.15) is 6.10 Å². The van der Waals surface area contributed by atoms with Gasteiger partial charge in [-0.25, -0.2) is 4.98 Å². The van der Waals surface area contributed by atoms with Crippen LogP contribution in [0.3, 0.4) is 0 Å². The molecule has 1 aromatic heterocycles. The predicted octanol–water partition coefficient (Wildman–Crippen LogP) is 1.19. The molecule has 6 heteroatoms. The maximum atomic E-state index is 11.8. The van der Waals surface area contributed by atoms with Crippen molar-refractivity contribution >= 4 is 22.4 Å². The van der Waals surface area contributed by atoms with E-state index in [1.54, 1.807) is 0 Å². The van der Waals surface area contributed by atoms with Gasteiger partial charge in [0.25, 0.3) is 5.91 Å². The molecule has 17 heavy (non-hydrogen) atoms. The molecular formula is C11H17N3O2S. The molecule has 5 nitrogen and oxygen atoms in total. The van der Waals surface area contributed by atoms with Gasteiger partial charge in [-0.15, -0.1) is 11.3 Å². The van der Waals surface area contributed by atoms with Crippen LogP contribution in [-0.2, 0) is 9.53 Å². The minimum atomic E-state index is -0.407. The summed E-state index contributed by atoms with van der Waals surface area (Å²) in [6.45, 7) is 6.10. The molecule has 1 amide bonds. The van der Waals surface area contributed by atoms with E-state index in [9.17, 15) is 4.79 Å². The lowest BCUT2D eigenvalue weighted by Crippen LogP contribution is -2.45. The van der Waals surface area contributed by atoms with E-state index in [4.69, 9.17) is 4.74 Å². The Morgan fingerprint density at radius 2 is 2.53 bits per heavy atom. The summed E-state index contributed by atoms with van der Waals surface area (Å²) in [6.07, 6.45) is -0.407. The number of morpholine rings is 1. The molecule has 0 bridgehead atoms. The molecule has 0 aliphatic carbocycles. The molecule has 2 heterocycles. The highest BCUT2D eigenvalue weighted by Crippen LogP contribution is 2.21. The van der Waals surface area contributed by atoms with E-state index in [0.29, 0.717) is 24.2 Å². The molecule has 1 aliphatic rings. The monoisotopic (exact) mass is 255 g/mol. The van der Waals surface area contributed by atoms with Crippen LogP contribution < -0.4 is 10.6 Å². The van der Waals surface area contributed by atoms with Crippen LogP contribution in [0, 0.1) is 0 Å². The summed E-state index contributed by atoms with van der Waals surface area (Å²) in [7, 11) is 0. The molecule has 1 saturated heterocycles. The molecule has 0 saturated carbocycles. The van der Waals surface area contributed by atoms with Crippen molar-refractivity contribution < 1.29 is 9.53 Å². The second-order valence-corrected chi connectivity index (χ2v) is 5.14. The smallest absolute Gasteiger partial charge is 0.256 e. The van der Waals surface area contributed by atoms with Crippen molar-refractivity contribution in [1.29, 1.82) is 0 Å². The molecule has 0 radical (unpaired) electrons. The quantitative estimate of drug-likeness (QED) is 0.851. The van der Waals surface area contributed by atoms with E-state index in [0.717, 1.165) is 12.2 Å². The van der Waals surface area contributed by atoms with Gasteiger partial charge in [0.15, 0.2) is 5.13 Å². The maximum absolute atomic E-state index is 11.8. The highest BCUT2D eigenvalue weighted by atomic mass is 32.1. The highest BCUT2D eigenvalue weighted by Gasteiger charge is 2.22. The number of nitrogens with zero attached hydrogens (tertiary/aromatic N) is 1. The van der Waals surface area contributed by atoms with Gasteiger partial charge in [0.05, 0.1) is 12.3 Å². The van der Waals surface area contributed by atoms with Crippen LogP contribution in [0.2, 0.25) is 0 Å². The number of carbonyl (C=O) groups is 1. The molecule has 2 rings (SSSR count). The van der Waals surface area contributed by atoms with E-state index in [2.05, 4.69) is 29.5 Å². The Bertz CT molecular complexity index is 386. The number of hydrogen-bond acceptors (Lipinski definition) is 5. The number of amides is 1. The van der Waals surface area contributed by atoms with Crippen molar-refractivity contribution in [2.45, 2.75) is 25.9 Å². The number of nitrogens with one attached hydrogen (secondary N) is 2. The van der Waals surface area contributed by atoms with Crippen LogP contribution in [-0.4, -0.2) is 36.7 Å². The zero-order chi connectivity index (χ0) is 12.3. The fraction of sp³-hybridized carbons (Fsp3) is 0.636. The number of thiazole rings is 1. The first-order chi connectivity index (χ1) is 8.16. The van der Waals surface area contributed by atoms with Crippen molar-refractivity contribution in [3.05, 3.63) is 11.1 Å². The van der Waals surface area contributed by atoms with Gasteiger partial charge in [-0.05, 0) is 5.92 Å². The standard InChI is InChI=1S/C11H17N3O2S/c1-7(2)8-6-17-11(13-8)14-10(15)9-5-12-3-4-16-9/h6-7,9,12H,3-5H2,1-2H3,(H,13,14,15)/t9-/m1/s1. The lowest BCUT2D eigenvalue weighted by Gasteiger charge is -2.22. The Morgan fingerprint density at radius 1 is 1.71 bits per heavy atom. The third kappa shape index (κ3) is 3.24. The number of ether oxygens (including phenoxy) is 1. The lowest BCUT2D eigenvalue weighted by atomic mass is 10.2. The molecule has 0 unspecified atom stereocenters. The van der Waals surface area contributed by atoms with Gasteiger partial charge >= 0.3 is 0 Å². The van der Waals surface area contributed by atoms with Gasteiger partial charge in [-0.2, -0.15) is 0 Å². The number of aromatic nitrogens is 1.